The summed E-state index contributed by atoms with van der Waals surface area (Å²) in [5.74, 6) is -0.107. The number of carbonyl (C=O) groups excluding carboxylic acids is 2. The number of nitrogens with two attached hydrogens (primary N) is 1. The Kier molecular flexibility index (Phi) is 9.61. The first-order valence-corrected chi connectivity index (χ1v) is 14.4. The van der Waals surface area contributed by atoms with E-state index in [2.05, 4.69) is 28.4 Å². The van der Waals surface area contributed by atoms with Crippen LogP contribution in [0.5, 0.6) is 0 Å². The van der Waals surface area contributed by atoms with Gasteiger partial charge in [0.15, 0.2) is 11.4 Å². The van der Waals surface area contributed by atoms with Crippen LogP contribution in [0.15, 0.2) is 84.9 Å². The Morgan fingerprint density at radius 3 is 2.49 bits per heavy atom. The van der Waals surface area contributed by atoms with Crippen molar-refractivity contribution in [3.63, 3.8) is 0 Å². The van der Waals surface area contributed by atoms with E-state index in [1.165, 1.54) is 6.08 Å². The molecule has 0 saturated carbocycles. The van der Waals surface area contributed by atoms with Crippen molar-refractivity contribution in [1.29, 1.82) is 0 Å². The fourth-order valence-electron chi connectivity index (χ4n) is 4.83. The van der Waals surface area contributed by atoms with E-state index in [9.17, 15) is 9.59 Å². The van der Waals surface area contributed by atoms with Crippen LogP contribution in [-0.2, 0) is 32.2 Å². The largest absolute Gasteiger partial charge is 0.443 e. The second-order valence-corrected chi connectivity index (χ2v) is 11.0. The lowest BCUT2D eigenvalue weighted by Crippen LogP contribution is -2.41. The summed E-state index contributed by atoms with van der Waals surface area (Å²) in [6.07, 6.45) is 2.84. The number of aromatic nitrogens is 3. The summed E-state index contributed by atoms with van der Waals surface area (Å²) in [4.78, 5) is 27.0. The summed E-state index contributed by atoms with van der Waals surface area (Å²) < 4.78 is 19.1. The molecule has 1 saturated heterocycles. The Bertz CT molecular complexity index is 1570. The van der Waals surface area contributed by atoms with Crippen molar-refractivity contribution in [3.05, 3.63) is 102 Å². The van der Waals surface area contributed by atoms with Gasteiger partial charge in [-0.05, 0) is 48.7 Å². The summed E-state index contributed by atoms with van der Waals surface area (Å²) in [6.45, 7) is 5.89. The lowest BCUT2D eigenvalue weighted by atomic mass is 9.98. The molecular formula is C33H37N5O5. The number of pyridine rings is 1. The Balaban J connectivity index is 1.39. The molecular weight excluding hydrogens is 546 g/mol. The second-order valence-electron chi connectivity index (χ2n) is 11.0. The van der Waals surface area contributed by atoms with Gasteiger partial charge < -0.3 is 24.8 Å². The zero-order chi connectivity index (χ0) is 30.2. The van der Waals surface area contributed by atoms with Gasteiger partial charge >= 0.3 is 6.09 Å². The maximum Gasteiger partial charge on any atom is 0.410 e. The first-order valence-electron chi connectivity index (χ1n) is 14.4. The first kappa shape index (κ1) is 30.1. The molecule has 2 N–H and O–H groups in total. The molecule has 1 aliphatic heterocycles. The molecule has 2 aromatic carbocycles. The van der Waals surface area contributed by atoms with E-state index in [1.54, 1.807) is 24.8 Å². The third kappa shape index (κ3) is 7.53. The number of morpholine rings is 1. The molecule has 0 aliphatic carbocycles. The second kappa shape index (κ2) is 13.7. The number of rotatable bonds is 11. The Labute approximate surface area is 251 Å². The number of fused-ring (bicyclic) bond motifs is 1. The number of ether oxygens (including phenoxy) is 3. The van der Waals surface area contributed by atoms with Gasteiger partial charge in [0.1, 0.15) is 12.4 Å². The highest BCUT2D eigenvalue weighted by atomic mass is 16.6. The van der Waals surface area contributed by atoms with E-state index in [0.717, 1.165) is 16.7 Å². The summed E-state index contributed by atoms with van der Waals surface area (Å²) in [5.41, 5.74) is 9.54. The number of hydrogen-bond acceptors (Lipinski definition) is 8. The predicted octanol–water partition coefficient (Wildman–Crippen LogP) is 4.53. The summed E-state index contributed by atoms with van der Waals surface area (Å²) in [6, 6.07) is 23.8. The third-order valence-electron chi connectivity index (χ3n) is 7.25. The predicted molar refractivity (Wildman–Crippen MR) is 162 cm³/mol. The van der Waals surface area contributed by atoms with Crippen molar-refractivity contribution in [2.75, 3.05) is 32.9 Å². The van der Waals surface area contributed by atoms with Crippen LogP contribution in [0.2, 0.25) is 0 Å². The molecule has 1 amide bonds. The van der Waals surface area contributed by atoms with E-state index in [0.29, 0.717) is 50.1 Å². The number of amides is 1. The third-order valence-corrected chi connectivity index (χ3v) is 7.25. The molecule has 1 atom stereocenters. The monoisotopic (exact) mass is 583 g/mol. The van der Waals surface area contributed by atoms with Crippen molar-refractivity contribution in [2.45, 2.75) is 38.5 Å². The standard InChI is InChI=1S/C33H37N5O5/c1-33(2,34)29(39)16-15-26(22-42-21-25-11-6-7-13-28(25)24-9-4-3-5-10-24)31-36-35-30-14-8-12-27(38(30)31)23-43-32(40)37-17-19-41-20-18-37/h3-16,26H,17-23,34H2,1-2H3/b16-15+. The van der Waals surface area contributed by atoms with Crippen LogP contribution in [0.1, 0.15) is 36.8 Å². The molecule has 10 nitrogen and oxygen atoms in total. The first-order chi connectivity index (χ1) is 20.8. The molecule has 1 aliphatic rings. The van der Waals surface area contributed by atoms with Crippen molar-refractivity contribution in [1.82, 2.24) is 19.5 Å². The molecule has 10 heteroatoms. The van der Waals surface area contributed by atoms with Crippen LogP contribution >= 0.6 is 0 Å². The molecule has 43 heavy (non-hydrogen) atoms. The van der Waals surface area contributed by atoms with Crippen LogP contribution in [0, 0.1) is 0 Å². The van der Waals surface area contributed by atoms with Crippen LogP contribution in [0.4, 0.5) is 4.79 Å². The van der Waals surface area contributed by atoms with Crippen molar-refractivity contribution < 1.29 is 23.8 Å². The quantitative estimate of drug-likeness (QED) is 0.256. The molecule has 0 bridgehead atoms. The van der Waals surface area contributed by atoms with Crippen molar-refractivity contribution in [3.8, 4) is 11.1 Å². The molecule has 1 unspecified atom stereocenters. The molecule has 5 rings (SSSR count). The number of hydrogen-bond donors (Lipinski definition) is 1. The van der Waals surface area contributed by atoms with Gasteiger partial charge in [-0.1, -0.05) is 66.7 Å². The number of ketones is 1. The topological polar surface area (TPSA) is 121 Å². The average Bonchev–Trinajstić information content (AvgIpc) is 3.46. The van der Waals surface area contributed by atoms with Gasteiger partial charge in [-0.3, -0.25) is 9.20 Å². The molecule has 0 spiro atoms. The highest BCUT2D eigenvalue weighted by Crippen LogP contribution is 2.26. The smallest absolute Gasteiger partial charge is 0.410 e. The van der Waals surface area contributed by atoms with Gasteiger partial charge in [-0.2, -0.15) is 0 Å². The molecule has 4 aromatic rings. The normalized spacial score (nSPS) is 14.7. The van der Waals surface area contributed by atoms with E-state index in [1.807, 2.05) is 59.0 Å². The number of carbonyl (C=O) groups is 2. The van der Waals surface area contributed by atoms with Crippen LogP contribution in [0.3, 0.4) is 0 Å². The van der Waals surface area contributed by atoms with Crippen molar-refractivity contribution >= 4 is 17.5 Å². The van der Waals surface area contributed by atoms with E-state index >= 15 is 0 Å². The SMILES string of the molecule is CC(C)(N)C(=O)/C=C/C(COCc1ccccc1-c1ccccc1)c1nnc2cccc(COC(=O)N3CCOCC3)n12. The minimum Gasteiger partial charge on any atom is -0.443 e. The highest BCUT2D eigenvalue weighted by Gasteiger charge is 2.23. The van der Waals surface area contributed by atoms with Gasteiger partial charge in [0, 0.05) is 13.1 Å². The van der Waals surface area contributed by atoms with Gasteiger partial charge in [0.25, 0.3) is 0 Å². The van der Waals surface area contributed by atoms with Gasteiger partial charge in [0.05, 0.1) is 43.6 Å². The van der Waals surface area contributed by atoms with E-state index < -0.39 is 17.6 Å². The highest BCUT2D eigenvalue weighted by molar-refractivity contribution is 5.97. The molecule has 1 fully saturated rings. The summed E-state index contributed by atoms with van der Waals surface area (Å²) >= 11 is 0. The van der Waals surface area contributed by atoms with Gasteiger partial charge in [-0.25, -0.2) is 4.79 Å². The fourth-order valence-corrected chi connectivity index (χ4v) is 4.83. The summed E-state index contributed by atoms with van der Waals surface area (Å²) in [7, 11) is 0. The average molecular weight is 584 g/mol. The minimum atomic E-state index is -1.03. The molecule has 3 heterocycles. The Morgan fingerprint density at radius 1 is 0.977 bits per heavy atom. The molecule has 224 valence electrons. The summed E-state index contributed by atoms with van der Waals surface area (Å²) in [5, 5.41) is 8.84. The van der Waals surface area contributed by atoms with E-state index in [4.69, 9.17) is 19.9 Å². The van der Waals surface area contributed by atoms with Crippen LogP contribution in [0.25, 0.3) is 16.8 Å². The maximum absolute atomic E-state index is 12.7. The molecule has 0 radical (unpaired) electrons. The van der Waals surface area contributed by atoms with Crippen molar-refractivity contribution in [2.24, 2.45) is 5.73 Å². The molecule has 2 aromatic heterocycles. The van der Waals surface area contributed by atoms with E-state index in [-0.39, 0.29) is 19.0 Å². The Morgan fingerprint density at radius 2 is 1.72 bits per heavy atom. The van der Waals surface area contributed by atoms with Gasteiger partial charge in [-0.15, -0.1) is 10.2 Å². The van der Waals surface area contributed by atoms with Crippen LogP contribution < -0.4 is 5.73 Å². The van der Waals surface area contributed by atoms with Crippen LogP contribution in [-0.4, -0.2) is 69.8 Å². The lowest BCUT2D eigenvalue weighted by Gasteiger charge is -2.26. The maximum atomic E-state index is 12.7. The lowest BCUT2D eigenvalue weighted by molar-refractivity contribution is -0.118. The number of nitrogens with zero attached hydrogens (tertiary/aromatic N) is 4. The number of benzene rings is 2. The fraction of sp³-hybridized carbons (Fsp3) is 0.333. The minimum absolute atomic E-state index is 0.0229. The Hall–Kier alpha value is -4.38. The van der Waals surface area contributed by atoms with Gasteiger partial charge in [0.2, 0.25) is 0 Å². The zero-order valence-electron chi connectivity index (χ0n) is 24.5. The zero-order valence-corrected chi connectivity index (χ0v) is 24.5.